The van der Waals surface area contributed by atoms with Gasteiger partial charge in [0.15, 0.2) is 0 Å². The van der Waals surface area contributed by atoms with Crippen LogP contribution in [0.25, 0.3) is 0 Å². The molecule has 2 rings (SSSR count). The van der Waals surface area contributed by atoms with Gasteiger partial charge in [0.05, 0.1) is 0 Å². The van der Waals surface area contributed by atoms with Crippen LogP contribution in [0.15, 0.2) is 17.5 Å². The van der Waals surface area contributed by atoms with Gasteiger partial charge >= 0.3 is 5.97 Å². The topological polar surface area (TPSA) is 40.5 Å². The SMILES string of the molecule is CCN(Cc1cccs1)C(C(=O)O)C1CC1. The molecule has 0 radical (unpaired) electrons. The summed E-state index contributed by atoms with van der Waals surface area (Å²) in [5.74, 6) is -0.293. The molecule has 0 aliphatic heterocycles. The van der Waals surface area contributed by atoms with Crippen LogP contribution in [0.1, 0.15) is 24.6 Å². The molecule has 1 saturated carbocycles. The molecule has 1 unspecified atom stereocenters. The van der Waals surface area contributed by atoms with E-state index in [9.17, 15) is 9.90 Å². The number of carbonyl (C=O) groups is 1. The van der Waals surface area contributed by atoms with E-state index in [1.165, 1.54) is 4.88 Å². The summed E-state index contributed by atoms with van der Waals surface area (Å²) in [6.07, 6.45) is 2.13. The highest BCUT2D eigenvalue weighted by Crippen LogP contribution is 2.36. The van der Waals surface area contributed by atoms with Gasteiger partial charge < -0.3 is 5.11 Å². The van der Waals surface area contributed by atoms with Crippen molar-refractivity contribution in [3.8, 4) is 0 Å². The molecular formula is C12H17NO2S. The van der Waals surface area contributed by atoms with Crippen molar-refractivity contribution in [2.45, 2.75) is 32.4 Å². The molecule has 4 heteroatoms. The average Bonchev–Trinajstić information content (AvgIpc) is 2.93. The number of likely N-dealkylation sites (N-methyl/N-ethyl adjacent to an activating group) is 1. The molecule has 1 aromatic rings. The van der Waals surface area contributed by atoms with Gasteiger partial charge in [-0.25, -0.2) is 0 Å². The Morgan fingerprint density at radius 2 is 2.44 bits per heavy atom. The molecule has 88 valence electrons. The third kappa shape index (κ3) is 2.62. The largest absolute Gasteiger partial charge is 0.480 e. The number of thiophene rings is 1. The van der Waals surface area contributed by atoms with E-state index in [1.807, 2.05) is 18.4 Å². The number of carboxylic acids is 1. The Bertz CT molecular complexity index is 346. The molecule has 16 heavy (non-hydrogen) atoms. The van der Waals surface area contributed by atoms with Crippen molar-refractivity contribution in [1.82, 2.24) is 4.90 Å². The van der Waals surface area contributed by atoms with E-state index in [4.69, 9.17) is 0 Å². The second-order valence-corrected chi connectivity index (χ2v) is 5.30. The van der Waals surface area contributed by atoms with Gasteiger partial charge in [-0.1, -0.05) is 13.0 Å². The van der Waals surface area contributed by atoms with Crippen LogP contribution in [0.3, 0.4) is 0 Å². The van der Waals surface area contributed by atoms with E-state index in [0.29, 0.717) is 5.92 Å². The summed E-state index contributed by atoms with van der Waals surface area (Å²) in [4.78, 5) is 14.6. The van der Waals surface area contributed by atoms with Crippen molar-refractivity contribution in [2.24, 2.45) is 5.92 Å². The molecule has 1 N–H and O–H groups in total. The summed E-state index contributed by atoms with van der Waals surface area (Å²) in [5, 5.41) is 11.3. The summed E-state index contributed by atoms with van der Waals surface area (Å²) in [6.45, 7) is 3.60. The third-order valence-corrected chi connectivity index (χ3v) is 3.92. The summed E-state index contributed by atoms with van der Waals surface area (Å²) < 4.78 is 0. The molecule has 1 aliphatic carbocycles. The van der Waals surface area contributed by atoms with Gasteiger partial charge in [-0.2, -0.15) is 0 Å². The Morgan fingerprint density at radius 1 is 1.69 bits per heavy atom. The minimum absolute atomic E-state index is 0.285. The molecule has 1 aliphatic rings. The predicted molar refractivity (Wildman–Crippen MR) is 64.6 cm³/mol. The molecule has 3 nitrogen and oxygen atoms in total. The zero-order valence-electron chi connectivity index (χ0n) is 9.43. The van der Waals surface area contributed by atoms with Crippen LogP contribution < -0.4 is 0 Å². The number of rotatable bonds is 6. The lowest BCUT2D eigenvalue weighted by Crippen LogP contribution is -2.42. The minimum atomic E-state index is -0.666. The lowest BCUT2D eigenvalue weighted by Gasteiger charge is -2.27. The van der Waals surface area contributed by atoms with Crippen molar-refractivity contribution in [2.75, 3.05) is 6.54 Å². The summed E-state index contributed by atoms with van der Waals surface area (Å²) in [6, 6.07) is 3.80. The maximum Gasteiger partial charge on any atom is 0.321 e. The monoisotopic (exact) mass is 239 g/mol. The molecule has 1 aromatic heterocycles. The minimum Gasteiger partial charge on any atom is -0.480 e. The first-order valence-corrected chi connectivity index (χ1v) is 6.59. The zero-order chi connectivity index (χ0) is 11.5. The Labute approximate surface area is 99.7 Å². The van der Waals surface area contributed by atoms with Crippen LogP contribution in [-0.2, 0) is 11.3 Å². The molecular weight excluding hydrogens is 222 g/mol. The van der Waals surface area contributed by atoms with Crippen molar-refractivity contribution < 1.29 is 9.90 Å². The second kappa shape index (κ2) is 4.97. The number of carboxylic acid groups (broad SMARTS) is 1. The Balaban J connectivity index is 2.04. The fraction of sp³-hybridized carbons (Fsp3) is 0.583. The highest BCUT2D eigenvalue weighted by molar-refractivity contribution is 7.09. The lowest BCUT2D eigenvalue weighted by molar-refractivity contribution is -0.144. The van der Waals surface area contributed by atoms with Gasteiger partial charge in [0.25, 0.3) is 0 Å². The maximum absolute atomic E-state index is 11.3. The van der Waals surface area contributed by atoms with Gasteiger partial charge in [-0.15, -0.1) is 11.3 Å². The smallest absolute Gasteiger partial charge is 0.321 e. The number of aliphatic carboxylic acids is 1. The van der Waals surface area contributed by atoms with Gasteiger partial charge in [-0.3, -0.25) is 9.69 Å². The Morgan fingerprint density at radius 3 is 2.88 bits per heavy atom. The Kier molecular flexibility index (Phi) is 3.61. The van der Waals surface area contributed by atoms with E-state index < -0.39 is 5.97 Å². The van der Waals surface area contributed by atoms with Crippen molar-refractivity contribution in [1.29, 1.82) is 0 Å². The van der Waals surface area contributed by atoms with Gasteiger partial charge in [-0.05, 0) is 36.8 Å². The Hall–Kier alpha value is -0.870. The second-order valence-electron chi connectivity index (χ2n) is 4.26. The van der Waals surface area contributed by atoms with Crippen molar-refractivity contribution >= 4 is 17.3 Å². The lowest BCUT2D eigenvalue weighted by atomic mass is 10.1. The average molecular weight is 239 g/mol. The molecule has 1 heterocycles. The van der Waals surface area contributed by atoms with E-state index in [1.54, 1.807) is 11.3 Å². The molecule has 1 fully saturated rings. The molecule has 0 bridgehead atoms. The molecule has 0 saturated heterocycles. The van der Waals surface area contributed by atoms with Gasteiger partial charge in [0, 0.05) is 11.4 Å². The molecule has 1 atom stereocenters. The molecule has 0 amide bonds. The first-order valence-electron chi connectivity index (χ1n) is 5.71. The third-order valence-electron chi connectivity index (χ3n) is 3.06. The standard InChI is InChI=1S/C12H17NO2S/c1-2-13(8-10-4-3-7-16-10)11(12(14)15)9-5-6-9/h3-4,7,9,11H,2,5-6,8H2,1H3,(H,14,15). The van der Waals surface area contributed by atoms with E-state index >= 15 is 0 Å². The van der Waals surface area contributed by atoms with Gasteiger partial charge in [0.1, 0.15) is 6.04 Å². The van der Waals surface area contributed by atoms with Crippen LogP contribution in [0.5, 0.6) is 0 Å². The van der Waals surface area contributed by atoms with Gasteiger partial charge in [0.2, 0.25) is 0 Å². The first kappa shape index (κ1) is 11.6. The predicted octanol–water partition coefficient (Wildman–Crippen LogP) is 2.43. The maximum atomic E-state index is 11.3. The van der Waals surface area contributed by atoms with Crippen LogP contribution in [0, 0.1) is 5.92 Å². The van der Waals surface area contributed by atoms with Crippen LogP contribution in [-0.4, -0.2) is 28.6 Å². The van der Waals surface area contributed by atoms with E-state index in [-0.39, 0.29) is 6.04 Å². The number of hydrogen-bond acceptors (Lipinski definition) is 3. The van der Waals surface area contributed by atoms with Crippen molar-refractivity contribution in [3.05, 3.63) is 22.4 Å². The normalized spacial score (nSPS) is 17.6. The quantitative estimate of drug-likeness (QED) is 0.829. The van der Waals surface area contributed by atoms with E-state index in [0.717, 1.165) is 25.9 Å². The van der Waals surface area contributed by atoms with E-state index in [2.05, 4.69) is 11.0 Å². The highest BCUT2D eigenvalue weighted by Gasteiger charge is 2.39. The zero-order valence-corrected chi connectivity index (χ0v) is 10.2. The fourth-order valence-corrected chi connectivity index (χ4v) is 2.81. The molecule has 0 aromatic carbocycles. The van der Waals surface area contributed by atoms with Crippen LogP contribution in [0.4, 0.5) is 0 Å². The van der Waals surface area contributed by atoms with Crippen LogP contribution in [0.2, 0.25) is 0 Å². The summed E-state index contributed by atoms with van der Waals surface area (Å²) >= 11 is 1.69. The summed E-state index contributed by atoms with van der Waals surface area (Å²) in [5.41, 5.74) is 0. The first-order chi connectivity index (χ1) is 7.72. The molecule has 0 spiro atoms. The number of hydrogen-bond donors (Lipinski definition) is 1. The fourth-order valence-electron chi connectivity index (χ4n) is 2.08. The number of nitrogens with zero attached hydrogens (tertiary/aromatic N) is 1. The summed E-state index contributed by atoms with van der Waals surface area (Å²) in [7, 11) is 0. The highest BCUT2D eigenvalue weighted by atomic mass is 32.1. The van der Waals surface area contributed by atoms with Crippen LogP contribution >= 0.6 is 11.3 Å². The van der Waals surface area contributed by atoms with Crippen molar-refractivity contribution in [3.63, 3.8) is 0 Å².